The molecule has 5 fully saturated rings. The second kappa shape index (κ2) is 10.7. The third-order valence-electron chi connectivity index (χ3n) is 16.7. The van der Waals surface area contributed by atoms with E-state index in [-0.39, 0.29) is 0 Å². The van der Waals surface area contributed by atoms with Crippen LogP contribution in [0, 0.1) is 47.3 Å². The predicted octanol–water partition coefficient (Wildman–Crippen LogP) is 13.3. The van der Waals surface area contributed by atoms with Crippen LogP contribution in [0.2, 0.25) is 0 Å². The molecule has 13 rings (SSSR count). The quantitative estimate of drug-likeness (QED) is 0.161. The summed E-state index contributed by atoms with van der Waals surface area (Å²) in [6.07, 6.45) is 17.6. The molecule has 256 valence electrons. The van der Waals surface area contributed by atoms with Gasteiger partial charge in [-0.3, -0.25) is 0 Å². The molecule has 0 N–H and O–H groups in total. The van der Waals surface area contributed by atoms with Crippen molar-refractivity contribution in [3.05, 3.63) is 155 Å². The third-order valence-corrected chi connectivity index (χ3v) is 16.7. The molecule has 6 aromatic carbocycles. The maximum absolute atomic E-state index is 2.87. The lowest BCUT2D eigenvalue weighted by Crippen LogP contribution is -2.44. The standard InChI is InChI=1S/C52H48/c1-3-11-29(12-4-1)46-43-28-40-39(37-24-23-32-22-21-31-16-9-17-34-26-41(40)50(37)48(32)45(31)34)27-42(43)47(30-13-5-2-6-14-30)52-44-25-33-15-7-8-18-35(33)36-19-10-20-38(49(36)44)51(46)52/h1-6,9,11-14,16-17,21-24,26-28,33,35-36,38-40,44,46-47,49,51-52H,7-8,10,15,18-20,25H2. The van der Waals surface area contributed by atoms with Crippen molar-refractivity contribution in [2.24, 2.45) is 47.3 Å². The second-order valence-corrected chi connectivity index (χ2v) is 18.4. The monoisotopic (exact) mass is 672 g/mol. The van der Waals surface area contributed by atoms with Crippen LogP contribution < -0.4 is 0 Å². The van der Waals surface area contributed by atoms with Crippen LogP contribution in [0.5, 0.6) is 0 Å². The van der Waals surface area contributed by atoms with Gasteiger partial charge in [0.25, 0.3) is 0 Å². The summed E-state index contributed by atoms with van der Waals surface area (Å²) in [6.45, 7) is 0. The van der Waals surface area contributed by atoms with Gasteiger partial charge in [0.05, 0.1) is 0 Å². The fraction of sp³-hybridized carbons (Fsp3) is 0.385. The molecular weight excluding hydrogens is 625 g/mol. The Morgan fingerprint density at radius 1 is 0.404 bits per heavy atom. The van der Waals surface area contributed by atoms with Crippen LogP contribution in [0.3, 0.4) is 0 Å². The molecule has 0 amide bonds. The average Bonchev–Trinajstić information content (AvgIpc) is 3.69. The van der Waals surface area contributed by atoms with E-state index in [4.69, 9.17) is 0 Å². The lowest BCUT2D eigenvalue weighted by molar-refractivity contribution is -0.0255. The molecule has 0 aliphatic heterocycles. The van der Waals surface area contributed by atoms with Gasteiger partial charge in [-0.25, -0.2) is 0 Å². The molecule has 52 heavy (non-hydrogen) atoms. The summed E-state index contributed by atoms with van der Waals surface area (Å²) in [4.78, 5) is 0. The van der Waals surface area contributed by atoms with Gasteiger partial charge >= 0.3 is 0 Å². The topological polar surface area (TPSA) is 0 Å². The summed E-state index contributed by atoms with van der Waals surface area (Å²) in [5, 5.41) is 8.72. The fourth-order valence-electron chi connectivity index (χ4n) is 15.3. The molecule has 0 spiro atoms. The van der Waals surface area contributed by atoms with Gasteiger partial charge in [-0.2, -0.15) is 0 Å². The Kier molecular flexibility index (Phi) is 6.04. The first-order valence-corrected chi connectivity index (χ1v) is 21.1. The molecule has 0 radical (unpaired) electrons. The van der Waals surface area contributed by atoms with Crippen LogP contribution in [0.1, 0.15) is 97.3 Å². The highest BCUT2D eigenvalue weighted by Crippen LogP contribution is 2.73. The SMILES string of the molecule is C1=C2C(=CC3c4ccc5ccc6cccc7cc(c4c5c67)C13)C(c1ccccc1)C1C3CC4CCCCC4C4CCCC(C43)C1C2c1ccccc1. The van der Waals surface area contributed by atoms with Gasteiger partial charge < -0.3 is 0 Å². The van der Waals surface area contributed by atoms with Gasteiger partial charge in [-0.1, -0.05) is 141 Å². The molecule has 12 unspecified atom stereocenters. The first kappa shape index (κ1) is 29.3. The molecule has 0 aromatic heterocycles. The zero-order chi connectivity index (χ0) is 33.7. The van der Waals surface area contributed by atoms with Crippen LogP contribution in [-0.4, -0.2) is 0 Å². The van der Waals surface area contributed by atoms with E-state index in [2.05, 4.69) is 121 Å². The third kappa shape index (κ3) is 3.75. The van der Waals surface area contributed by atoms with Gasteiger partial charge in [0, 0.05) is 23.7 Å². The molecule has 7 aliphatic carbocycles. The van der Waals surface area contributed by atoms with Crippen LogP contribution in [-0.2, 0) is 0 Å². The van der Waals surface area contributed by atoms with E-state index in [9.17, 15) is 0 Å². The number of fused-ring (bicyclic) bond motifs is 9. The number of hydrogen-bond donors (Lipinski definition) is 0. The molecular formula is C52H48. The molecule has 0 bridgehead atoms. The highest BCUT2D eigenvalue weighted by molar-refractivity contribution is 6.25. The Hall–Kier alpha value is -4.16. The van der Waals surface area contributed by atoms with Crippen molar-refractivity contribution < 1.29 is 0 Å². The maximum atomic E-state index is 2.87. The summed E-state index contributed by atoms with van der Waals surface area (Å²) in [5.74, 6) is 8.78. The maximum Gasteiger partial charge on any atom is 0.0134 e. The zero-order valence-corrected chi connectivity index (χ0v) is 30.1. The summed E-state index contributed by atoms with van der Waals surface area (Å²) >= 11 is 0. The average molecular weight is 673 g/mol. The number of benzene rings is 6. The first-order chi connectivity index (χ1) is 25.8. The van der Waals surface area contributed by atoms with Gasteiger partial charge in [0.1, 0.15) is 0 Å². The summed E-state index contributed by atoms with van der Waals surface area (Å²) < 4.78 is 0. The first-order valence-electron chi connectivity index (χ1n) is 21.1. The minimum Gasteiger partial charge on any atom is -0.0719 e. The van der Waals surface area contributed by atoms with Gasteiger partial charge in [-0.05, 0) is 145 Å². The molecule has 0 nitrogen and oxygen atoms in total. The Morgan fingerprint density at radius 2 is 1.02 bits per heavy atom. The van der Waals surface area contributed by atoms with Crippen molar-refractivity contribution in [1.29, 1.82) is 0 Å². The number of rotatable bonds is 2. The Morgan fingerprint density at radius 3 is 1.79 bits per heavy atom. The molecule has 5 saturated carbocycles. The van der Waals surface area contributed by atoms with Crippen molar-refractivity contribution in [1.82, 2.24) is 0 Å². The van der Waals surface area contributed by atoms with Crippen LogP contribution in [0.25, 0.3) is 32.3 Å². The fourth-order valence-corrected chi connectivity index (χ4v) is 15.3. The Labute approximate surface area is 308 Å². The highest BCUT2D eigenvalue weighted by Gasteiger charge is 2.64. The van der Waals surface area contributed by atoms with Crippen LogP contribution in [0.4, 0.5) is 0 Å². The van der Waals surface area contributed by atoms with E-state index in [1.54, 1.807) is 38.8 Å². The smallest absolute Gasteiger partial charge is 0.0134 e. The second-order valence-electron chi connectivity index (χ2n) is 18.4. The molecule has 0 heteroatoms. The summed E-state index contributed by atoms with van der Waals surface area (Å²) in [5.41, 5.74) is 9.72. The van der Waals surface area contributed by atoms with E-state index < -0.39 is 0 Å². The van der Waals surface area contributed by atoms with Crippen LogP contribution in [0.15, 0.2) is 132 Å². The largest absolute Gasteiger partial charge is 0.0719 e. The molecule has 6 aromatic rings. The zero-order valence-electron chi connectivity index (χ0n) is 30.1. The van der Waals surface area contributed by atoms with E-state index in [1.807, 2.05) is 0 Å². The number of hydrogen-bond acceptors (Lipinski definition) is 0. The van der Waals surface area contributed by atoms with Crippen molar-refractivity contribution in [2.75, 3.05) is 0 Å². The minimum absolute atomic E-state index is 0.396. The van der Waals surface area contributed by atoms with E-state index >= 15 is 0 Å². The predicted molar refractivity (Wildman–Crippen MR) is 215 cm³/mol. The van der Waals surface area contributed by atoms with Gasteiger partial charge in [0.2, 0.25) is 0 Å². The van der Waals surface area contributed by atoms with E-state index in [0.717, 1.165) is 47.3 Å². The minimum atomic E-state index is 0.396. The molecule has 0 heterocycles. The lowest BCUT2D eigenvalue weighted by Gasteiger charge is -2.52. The Bertz CT molecular complexity index is 2450. The van der Waals surface area contributed by atoms with E-state index in [1.165, 1.54) is 78.3 Å². The highest BCUT2D eigenvalue weighted by atomic mass is 14.7. The van der Waals surface area contributed by atoms with Crippen LogP contribution >= 0.6 is 0 Å². The number of allylic oxidation sites excluding steroid dienone is 4. The normalized spacial score (nSPS) is 36.8. The molecule has 0 saturated heterocycles. The molecule has 12 atom stereocenters. The Balaban J connectivity index is 1.07. The summed E-state index contributed by atoms with van der Waals surface area (Å²) in [6, 6.07) is 43.1. The van der Waals surface area contributed by atoms with Crippen molar-refractivity contribution in [3.63, 3.8) is 0 Å². The van der Waals surface area contributed by atoms with Crippen molar-refractivity contribution >= 4 is 32.3 Å². The van der Waals surface area contributed by atoms with E-state index in [0.29, 0.717) is 23.7 Å². The molecule has 7 aliphatic rings. The summed E-state index contributed by atoms with van der Waals surface area (Å²) in [7, 11) is 0. The van der Waals surface area contributed by atoms with Gasteiger partial charge in [-0.15, -0.1) is 0 Å². The van der Waals surface area contributed by atoms with Crippen molar-refractivity contribution in [3.8, 4) is 0 Å². The lowest BCUT2D eigenvalue weighted by atomic mass is 9.52. The van der Waals surface area contributed by atoms with Crippen molar-refractivity contribution in [2.45, 2.75) is 75.0 Å². The van der Waals surface area contributed by atoms with Gasteiger partial charge in [0.15, 0.2) is 0 Å².